The van der Waals surface area contributed by atoms with Gasteiger partial charge in [-0.25, -0.2) is 4.98 Å². The van der Waals surface area contributed by atoms with Crippen LogP contribution in [-0.2, 0) is 0 Å². The second kappa shape index (κ2) is 12.8. The molecule has 0 spiro atoms. The summed E-state index contributed by atoms with van der Waals surface area (Å²) in [5.74, 6) is 0.635. The molecule has 0 atom stereocenters. The van der Waals surface area contributed by atoms with Gasteiger partial charge in [-0.05, 0) is 86.9 Å². The van der Waals surface area contributed by atoms with E-state index in [9.17, 15) is 0 Å². The van der Waals surface area contributed by atoms with Gasteiger partial charge in [0.05, 0.1) is 11.4 Å². The number of benzene rings is 9. The Hall–Kier alpha value is -7.01. The Bertz CT molecular complexity index is 3190. The zero-order valence-electron chi connectivity index (χ0n) is 29.7. The first-order chi connectivity index (χ1) is 27.3. The van der Waals surface area contributed by atoms with Crippen molar-refractivity contribution in [3.8, 4) is 33.7 Å². The molecule has 258 valence electrons. The lowest BCUT2D eigenvalue weighted by Crippen LogP contribution is -2.11. The lowest BCUT2D eigenvalue weighted by atomic mass is 9.92. The van der Waals surface area contributed by atoms with Gasteiger partial charge in [0, 0.05) is 42.9 Å². The fourth-order valence-electron chi connectivity index (χ4n) is 8.13. The molecule has 0 aliphatic rings. The molecular formula is C51H32N2OS. The number of hydrogen-bond donors (Lipinski definition) is 0. The van der Waals surface area contributed by atoms with Gasteiger partial charge in [-0.15, -0.1) is 11.3 Å². The molecule has 2 heterocycles. The fourth-order valence-corrected chi connectivity index (χ4v) is 9.27. The Labute approximate surface area is 322 Å². The molecule has 4 heteroatoms. The summed E-state index contributed by atoms with van der Waals surface area (Å²) in [6.07, 6.45) is 0. The predicted molar refractivity (Wildman–Crippen MR) is 233 cm³/mol. The number of thiophene rings is 1. The van der Waals surface area contributed by atoms with E-state index in [1.807, 2.05) is 30.3 Å². The maximum atomic E-state index is 6.33. The summed E-state index contributed by atoms with van der Waals surface area (Å²) >= 11 is 1.79. The minimum atomic E-state index is 0.635. The van der Waals surface area contributed by atoms with Crippen molar-refractivity contribution in [2.45, 2.75) is 0 Å². The Balaban J connectivity index is 1.15. The van der Waals surface area contributed by atoms with Gasteiger partial charge in [0.15, 0.2) is 5.58 Å². The lowest BCUT2D eigenvalue weighted by Gasteiger charge is -2.28. The van der Waals surface area contributed by atoms with Crippen molar-refractivity contribution in [3.05, 3.63) is 194 Å². The van der Waals surface area contributed by atoms with Crippen LogP contribution in [0, 0.1) is 0 Å². The summed E-state index contributed by atoms with van der Waals surface area (Å²) in [4.78, 5) is 7.42. The molecule has 11 rings (SSSR count). The van der Waals surface area contributed by atoms with Gasteiger partial charge in [0.1, 0.15) is 5.52 Å². The number of hydrogen-bond acceptors (Lipinski definition) is 4. The first kappa shape index (κ1) is 31.5. The highest BCUT2D eigenvalue weighted by Crippen LogP contribution is 2.48. The van der Waals surface area contributed by atoms with Crippen molar-refractivity contribution in [2.24, 2.45) is 0 Å². The van der Waals surface area contributed by atoms with Gasteiger partial charge in [0.2, 0.25) is 5.89 Å². The molecule has 0 radical (unpaired) electrons. The molecule has 55 heavy (non-hydrogen) atoms. The third kappa shape index (κ3) is 5.30. The zero-order valence-corrected chi connectivity index (χ0v) is 30.5. The lowest BCUT2D eigenvalue weighted by molar-refractivity contribution is 0.620. The van der Waals surface area contributed by atoms with Crippen LogP contribution < -0.4 is 4.90 Å². The Morgan fingerprint density at radius 3 is 1.91 bits per heavy atom. The standard InChI is InChI=1S/C51H32N2OS/c1-3-13-33(14-4-1)34-25-27-37(28-26-34)53(45-30-29-41(40-20-9-10-21-42(40)45)39-22-11-18-35-15-7-8-19-38(35)39)46-23-12-24-48-50(46)43-31-44-47(32-49(43)55-48)54-51(52-44)36-16-5-2-6-17-36/h1-32H. The molecule has 0 saturated carbocycles. The van der Waals surface area contributed by atoms with Crippen LogP contribution in [0.25, 0.3) is 86.5 Å². The van der Waals surface area contributed by atoms with Crippen molar-refractivity contribution in [1.29, 1.82) is 0 Å². The first-order valence-corrected chi connectivity index (χ1v) is 19.4. The molecule has 3 nitrogen and oxygen atoms in total. The van der Waals surface area contributed by atoms with Crippen molar-refractivity contribution in [1.82, 2.24) is 4.98 Å². The summed E-state index contributed by atoms with van der Waals surface area (Å²) in [6.45, 7) is 0. The topological polar surface area (TPSA) is 29.3 Å². The van der Waals surface area contributed by atoms with Crippen LogP contribution in [0.3, 0.4) is 0 Å². The number of anilines is 3. The van der Waals surface area contributed by atoms with Gasteiger partial charge in [-0.2, -0.15) is 0 Å². The fraction of sp³-hybridized carbons (Fsp3) is 0. The maximum absolute atomic E-state index is 6.33. The van der Waals surface area contributed by atoms with Crippen molar-refractivity contribution in [3.63, 3.8) is 0 Å². The van der Waals surface area contributed by atoms with Crippen molar-refractivity contribution in [2.75, 3.05) is 4.90 Å². The first-order valence-electron chi connectivity index (χ1n) is 18.5. The normalized spacial score (nSPS) is 11.6. The molecule has 9 aromatic carbocycles. The predicted octanol–water partition coefficient (Wildman–Crippen LogP) is 15.0. The third-order valence-corrected chi connectivity index (χ3v) is 11.8. The van der Waals surface area contributed by atoms with E-state index in [0.29, 0.717) is 5.89 Å². The Morgan fingerprint density at radius 2 is 1.09 bits per heavy atom. The minimum absolute atomic E-state index is 0.635. The average Bonchev–Trinajstić information content (AvgIpc) is 3.84. The summed E-state index contributed by atoms with van der Waals surface area (Å²) < 4.78 is 8.71. The highest BCUT2D eigenvalue weighted by molar-refractivity contribution is 7.26. The van der Waals surface area contributed by atoms with Crippen LogP contribution in [0.4, 0.5) is 17.1 Å². The molecular weight excluding hydrogens is 689 g/mol. The summed E-state index contributed by atoms with van der Waals surface area (Å²) in [5.41, 5.74) is 10.8. The summed E-state index contributed by atoms with van der Waals surface area (Å²) in [6, 6.07) is 69.4. The van der Waals surface area contributed by atoms with E-state index < -0.39 is 0 Å². The highest BCUT2D eigenvalue weighted by Gasteiger charge is 2.22. The molecule has 0 N–H and O–H groups in total. The van der Waals surface area contributed by atoms with Gasteiger partial charge in [-0.1, -0.05) is 140 Å². The van der Waals surface area contributed by atoms with Crippen LogP contribution in [0.15, 0.2) is 199 Å². The van der Waals surface area contributed by atoms with E-state index in [0.717, 1.165) is 33.7 Å². The summed E-state index contributed by atoms with van der Waals surface area (Å²) in [7, 11) is 0. The minimum Gasteiger partial charge on any atom is -0.436 e. The van der Waals surface area contributed by atoms with Crippen LogP contribution in [0.2, 0.25) is 0 Å². The molecule has 0 fully saturated rings. The number of nitrogens with zero attached hydrogens (tertiary/aromatic N) is 2. The molecule has 2 aromatic heterocycles. The van der Waals surface area contributed by atoms with E-state index >= 15 is 0 Å². The highest BCUT2D eigenvalue weighted by atomic mass is 32.1. The van der Waals surface area contributed by atoms with Crippen LogP contribution in [0.5, 0.6) is 0 Å². The average molecular weight is 721 g/mol. The van der Waals surface area contributed by atoms with Crippen molar-refractivity contribution >= 4 is 81.2 Å². The smallest absolute Gasteiger partial charge is 0.227 e. The third-order valence-electron chi connectivity index (χ3n) is 10.7. The molecule has 0 aliphatic carbocycles. The van der Waals surface area contributed by atoms with Crippen molar-refractivity contribution < 1.29 is 4.42 Å². The molecule has 0 unspecified atom stereocenters. The number of fused-ring (bicyclic) bond motifs is 6. The summed E-state index contributed by atoms with van der Waals surface area (Å²) in [5, 5.41) is 7.24. The maximum Gasteiger partial charge on any atom is 0.227 e. The van der Waals surface area contributed by atoms with Crippen LogP contribution >= 0.6 is 11.3 Å². The molecule has 11 aromatic rings. The van der Waals surface area contributed by atoms with E-state index in [1.54, 1.807) is 11.3 Å². The quantitative estimate of drug-likeness (QED) is 0.171. The number of aromatic nitrogens is 1. The second-order valence-corrected chi connectivity index (χ2v) is 15.0. The monoisotopic (exact) mass is 720 g/mol. The molecule has 0 saturated heterocycles. The van der Waals surface area contributed by atoms with Crippen LogP contribution in [-0.4, -0.2) is 4.98 Å². The molecule has 0 amide bonds. The SMILES string of the molecule is c1ccc(-c2ccc(N(c3ccc(-c4cccc5ccccc45)c4ccccc34)c3cccc4sc5cc6oc(-c7ccccc7)nc6cc5c34)cc2)cc1. The Kier molecular flexibility index (Phi) is 7.35. The largest absolute Gasteiger partial charge is 0.436 e. The van der Waals surface area contributed by atoms with E-state index in [-0.39, 0.29) is 0 Å². The van der Waals surface area contributed by atoms with E-state index in [2.05, 4.69) is 169 Å². The van der Waals surface area contributed by atoms with Gasteiger partial charge >= 0.3 is 0 Å². The number of oxazole rings is 1. The second-order valence-electron chi connectivity index (χ2n) is 13.9. The van der Waals surface area contributed by atoms with Crippen LogP contribution in [0.1, 0.15) is 0 Å². The molecule has 0 aliphatic heterocycles. The number of rotatable bonds is 6. The van der Waals surface area contributed by atoms with E-state index in [4.69, 9.17) is 9.40 Å². The Morgan fingerprint density at radius 1 is 0.436 bits per heavy atom. The zero-order chi connectivity index (χ0) is 36.3. The van der Waals surface area contributed by atoms with E-state index in [1.165, 1.54) is 64.0 Å². The molecule has 0 bridgehead atoms. The van der Waals surface area contributed by atoms with Gasteiger partial charge in [-0.3, -0.25) is 0 Å². The van der Waals surface area contributed by atoms with Gasteiger partial charge < -0.3 is 9.32 Å². The van der Waals surface area contributed by atoms with Gasteiger partial charge in [0.25, 0.3) is 0 Å².